The molecule has 2 aromatic rings. The summed E-state index contributed by atoms with van der Waals surface area (Å²) in [4.78, 5) is 19.5. The van der Waals surface area contributed by atoms with E-state index in [1.165, 1.54) is 0 Å². The van der Waals surface area contributed by atoms with Crippen LogP contribution in [0.1, 0.15) is 59.4 Å². The molecule has 1 aliphatic heterocycles. The normalized spacial score (nSPS) is 23.0. The van der Waals surface area contributed by atoms with Crippen molar-refractivity contribution in [3.63, 3.8) is 0 Å². The second-order valence-electron chi connectivity index (χ2n) is 7.26. The number of methoxy groups -OCH3 is 1. The van der Waals surface area contributed by atoms with Crippen molar-refractivity contribution in [3.8, 4) is 0 Å². The Bertz CT molecular complexity index is 795. The molecule has 26 heavy (non-hydrogen) atoms. The van der Waals surface area contributed by atoms with Crippen LogP contribution in [-0.4, -0.2) is 57.5 Å². The highest BCUT2D eigenvalue weighted by Crippen LogP contribution is 2.40. The second-order valence-corrected chi connectivity index (χ2v) is 7.26. The molecule has 2 unspecified atom stereocenters. The number of carbonyl (C=O) groups is 1. The van der Waals surface area contributed by atoms with Gasteiger partial charge in [0.2, 0.25) is 5.89 Å². The molecule has 4 rings (SSSR count). The van der Waals surface area contributed by atoms with Crippen LogP contribution in [0.4, 0.5) is 0 Å². The summed E-state index contributed by atoms with van der Waals surface area (Å²) in [5.41, 5.74) is 1.56. The quantitative estimate of drug-likeness (QED) is 0.784. The van der Waals surface area contributed by atoms with Gasteiger partial charge in [-0.15, -0.1) is 0 Å². The number of amides is 1. The Morgan fingerprint density at radius 3 is 2.85 bits per heavy atom. The van der Waals surface area contributed by atoms with Gasteiger partial charge in [-0.3, -0.25) is 9.48 Å². The number of rotatable bonds is 6. The number of aromatic nitrogens is 4. The van der Waals surface area contributed by atoms with Crippen molar-refractivity contribution in [2.75, 3.05) is 26.8 Å². The molecule has 3 heterocycles. The number of hydrogen-bond donors (Lipinski definition) is 0. The van der Waals surface area contributed by atoms with E-state index in [1.54, 1.807) is 13.3 Å². The number of hydrogen-bond acceptors (Lipinski definition) is 6. The first-order chi connectivity index (χ1) is 12.6. The maximum absolute atomic E-state index is 13.0. The van der Waals surface area contributed by atoms with E-state index in [0.717, 1.165) is 30.9 Å². The first-order valence-corrected chi connectivity index (χ1v) is 9.26. The van der Waals surface area contributed by atoms with E-state index in [1.807, 2.05) is 23.4 Å². The van der Waals surface area contributed by atoms with Gasteiger partial charge in [0.05, 0.1) is 24.3 Å². The van der Waals surface area contributed by atoms with Crippen molar-refractivity contribution >= 4 is 5.91 Å². The molecule has 0 bridgehead atoms. The standard InChI is InChI=1S/C18H25N5O3/c1-4-23-11(2)14(7-19-23)18(24)22-8-13(10-25-3)15(9-22)17-20-16(21-26-17)12-5-6-12/h7,12-13,15H,4-6,8-10H2,1-3H3. The van der Waals surface area contributed by atoms with Crippen LogP contribution in [0.15, 0.2) is 10.7 Å². The van der Waals surface area contributed by atoms with Gasteiger partial charge in [0.1, 0.15) is 0 Å². The molecule has 2 fully saturated rings. The van der Waals surface area contributed by atoms with Crippen LogP contribution in [0.2, 0.25) is 0 Å². The fraction of sp³-hybridized carbons (Fsp3) is 0.667. The first kappa shape index (κ1) is 17.2. The molecule has 1 amide bonds. The summed E-state index contributed by atoms with van der Waals surface area (Å²) in [6.07, 6.45) is 3.94. The first-order valence-electron chi connectivity index (χ1n) is 9.26. The molecular formula is C18H25N5O3. The highest BCUT2D eigenvalue weighted by molar-refractivity contribution is 5.95. The summed E-state index contributed by atoms with van der Waals surface area (Å²) in [5, 5.41) is 8.42. The summed E-state index contributed by atoms with van der Waals surface area (Å²) in [6, 6.07) is 0. The SMILES string of the molecule is CCn1ncc(C(=O)N2CC(COC)C(c3nc(C4CC4)no3)C2)c1C. The Morgan fingerprint density at radius 1 is 1.38 bits per heavy atom. The van der Waals surface area contributed by atoms with Crippen LogP contribution in [0.3, 0.4) is 0 Å². The average Bonchev–Trinajstić information content (AvgIpc) is 3.06. The molecule has 1 saturated heterocycles. The third-order valence-electron chi connectivity index (χ3n) is 5.46. The van der Waals surface area contributed by atoms with Gasteiger partial charge < -0.3 is 14.2 Å². The van der Waals surface area contributed by atoms with Crippen molar-refractivity contribution in [2.24, 2.45) is 5.92 Å². The fourth-order valence-electron chi connectivity index (χ4n) is 3.75. The minimum absolute atomic E-state index is 0.00716. The fourth-order valence-corrected chi connectivity index (χ4v) is 3.75. The van der Waals surface area contributed by atoms with Gasteiger partial charge in [0.25, 0.3) is 5.91 Å². The summed E-state index contributed by atoms with van der Waals surface area (Å²) in [7, 11) is 1.68. The molecule has 2 aliphatic rings. The van der Waals surface area contributed by atoms with Gasteiger partial charge in [-0.25, -0.2) is 0 Å². The summed E-state index contributed by atoms with van der Waals surface area (Å²) < 4.78 is 12.8. The van der Waals surface area contributed by atoms with Crippen molar-refractivity contribution in [2.45, 2.75) is 45.1 Å². The van der Waals surface area contributed by atoms with Crippen LogP contribution in [-0.2, 0) is 11.3 Å². The second kappa shape index (κ2) is 6.83. The lowest BCUT2D eigenvalue weighted by Gasteiger charge is -2.16. The highest BCUT2D eigenvalue weighted by Gasteiger charge is 2.41. The predicted octanol–water partition coefficient (Wildman–Crippen LogP) is 1.97. The minimum atomic E-state index is 0.00716. The van der Waals surface area contributed by atoms with Gasteiger partial charge >= 0.3 is 0 Å². The van der Waals surface area contributed by atoms with Crippen LogP contribution in [0.25, 0.3) is 0 Å². The van der Waals surface area contributed by atoms with E-state index in [2.05, 4.69) is 15.2 Å². The summed E-state index contributed by atoms with van der Waals surface area (Å²) in [6.45, 7) is 6.44. The lowest BCUT2D eigenvalue weighted by atomic mass is 9.97. The Morgan fingerprint density at radius 2 is 2.19 bits per heavy atom. The Kier molecular flexibility index (Phi) is 4.52. The lowest BCUT2D eigenvalue weighted by molar-refractivity contribution is 0.0774. The van der Waals surface area contributed by atoms with Gasteiger partial charge in [-0.1, -0.05) is 5.16 Å². The van der Waals surface area contributed by atoms with E-state index in [-0.39, 0.29) is 17.7 Å². The van der Waals surface area contributed by atoms with Crippen LogP contribution < -0.4 is 0 Å². The van der Waals surface area contributed by atoms with E-state index < -0.39 is 0 Å². The number of carbonyl (C=O) groups excluding carboxylic acids is 1. The smallest absolute Gasteiger partial charge is 0.257 e. The van der Waals surface area contributed by atoms with Crippen molar-refractivity contribution in [1.29, 1.82) is 0 Å². The van der Waals surface area contributed by atoms with Gasteiger partial charge in [0, 0.05) is 44.3 Å². The Hall–Kier alpha value is -2.22. The lowest BCUT2D eigenvalue weighted by Crippen LogP contribution is -2.29. The molecular weight excluding hydrogens is 334 g/mol. The predicted molar refractivity (Wildman–Crippen MR) is 92.9 cm³/mol. The van der Waals surface area contributed by atoms with E-state index in [4.69, 9.17) is 9.26 Å². The molecule has 0 N–H and O–H groups in total. The zero-order chi connectivity index (χ0) is 18.3. The number of aryl methyl sites for hydroxylation is 1. The molecule has 0 spiro atoms. The molecule has 8 heteroatoms. The molecule has 0 radical (unpaired) electrons. The maximum Gasteiger partial charge on any atom is 0.257 e. The van der Waals surface area contributed by atoms with Gasteiger partial charge in [-0.2, -0.15) is 10.1 Å². The Labute approximate surface area is 152 Å². The maximum atomic E-state index is 13.0. The van der Waals surface area contributed by atoms with Gasteiger partial charge in [0.15, 0.2) is 5.82 Å². The van der Waals surface area contributed by atoms with E-state index in [9.17, 15) is 4.79 Å². The number of ether oxygens (including phenoxy) is 1. The molecule has 1 aliphatic carbocycles. The molecule has 2 atom stereocenters. The third kappa shape index (κ3) is 3.02. The zero-order valence-corrected chi connectivity index (χ0v) is 15.5. The number of nitrogens with zero attached hydrogens (tertiary/aromatic N) is 5. The van der Waals surface area contributed by atoms with Crippen molar-refractivity contribution in [1.82, 2.24) is 24.8 Å². The zero-order valence-electron chi connectivity index (χ0n) is 15.5. The van der Waals surface area contributed by atoms with E-state index >= 15 is 0 Å². The summed E-state index contributed by atoms with van der Waals surface area (Å²) in [5.74, 6) is 2.06. The minimum Gasteiger partial charge on any atom is -0.384 e. The summed E-state index contributed by atoms with van der Waals surface area (Å²) >= 11 is 0. The van der Waals surface area contributed by atoms with Crippen LogP contribution in [0.5, 0.6) is 0 Å². The largest absolute Gasteiger partial charge is 0.384 e. The molecule has 140 valence electrons. The molecule has 2 aromatic heterocycles. The van der Waals surface area contributed by atoms with Crippen molar-refractivity contribution < 1.29 is 14.1 Å². The molecule has 8 nitrogen and oxygen atoms in total. The topological polar surface area (TPSA) is 86.3 Å². The molecule has 0 aromatic carbocycles. The van der Waals surface area contributed by atoms with Gasteiger partial charge in [-0.05, 0) is 26.7 Å². The monoisotopic (exact) mass is 359 g/mol. The van der Waals surface area contributed by atoms with Crippen molar-refractivity contribution in [3.05, 3.63) is 29.2 Å². The molecule has 1 saturated carbocycles. The number of likely N-dealkylation sites (tertiary alicyclic amines) is 1. The van der Waals surface area contributed by atoms with Crippen LogP contribution in [0, 0.1) is 12.8 Å². The third-order valence-corrected chi connectivity index (χ3v) is 5.46. The highest BCUT2D eigenvalue weighted by atomic mass is 16.5. The average molecular weight is 359 g/mol. The van der Waals surface area contributed by atoms with E-state index in [0.29, 0.717) is 37.1 Å². The Balaban J connectivity index is 1.54. The van der Waals surface area contributed by atoms with Crippen LogP contribution >= 0.6 is 0 Å².